The Morgan fingerprint density at radius 1 is 1.33 bits per heavy atom. The smallest absolute Gasteiger partial charge is 0.165 e. The number of hydrogen-bond donors (Lipinski definition) is 1. The Bertz CT molecular complexity index is 365. The summed E-state index contributed by atoms with van der Waals surface area (Å²) in [6.07, 6.45) is 0. The van der Waals surface area contributed by atoms with Crippen LogP contribution >= 0.6 is 0 Å². The first-order valence-electron chi connectivity index (χ1n) is 6.49. The Morgan fingerprint density at radius 2 is 2.00 bits per heavy atom. The topological polar surface area (TPSA) is 38.5 Å². The van der Waals surface area contributed by atoms with Gasteiger partial charge in [0.15, 0.2) is 11.6 Å². The Morgan fingerprint density at radius 3 is 2.56 bits per heavy atom. The molecule has 0 fully saturated rings. The lowest BCUT2D eigenvalue weighted by Gasteiger charge is -2.19. The molecule has 4 heteroatoms. The van der Waals surface area contributed by atoms with E-state index in [-0.39, 0.29) is 11.9 Å². The van der Waals surface area contributed by atoms with Gasteiger partial charge in [0.2, 0.25) is 0 Å². The predicted octanol–water partition coefficient (Wildman–Crippen LogP) is 2.57. The van der Waals surface area contributed by atoms with Gasteiger partial charge in [0, 0.05) is 18.2 Å². The highest BCUT2D eigenvalue weighted by Crippen LogP contribution is 2.26. The number of ether oxygens (including phenoxy) is 1. The lowest BCUT2D eigenvalue weighted by molar-refractivity contribution is 0.215. The van der Waals surface area contributed by atoms with Crippen LogP contribution in [0.2, 0.25) is 0 Å². The molecule has 102 valence electrons. The minimum absolute atomic E-state index is 0.232. The third-order valence-electron chi connectivity index (χ3n) is 3.04. The first-order valence-corrected chi connectivity index (χ1v) is 6.49. The van der Waals surface area contributed by atoms with Crippen molar-refractivity contribution in [1.29, 1.82) is 0 Å². The van der Waals surface area contributed by atoms with Gasteiger partial charge in [-0.25, -0.2) is 4.39 Å². The SMILES string of the molecule is CCN(CC)CCOc1c(F)cccc1[C@@H](C)N. The quantitative estimate of drug-likeness (QED) is 0.812. The van der Waals surface area contributed by atoms with Crippen LogP contribution in [-0.4, -0.2) is 31.1 Å². The highest BCUT2D eigenvalue weighted by atomic mass is 19.1. The second kappa shape index (κ2) is 7.34. The molecular weight excluding hydrogens is 231 g/mol. The molecular formula is C14H23FN2O. The van der Waals surface area contributed by atoms with Crippen LogP contribution in [0.1, 0.15) is 32.4 Å². The van der Waals surface area contributed by atoms with E-state index in [9.17, 15) is 4.39 Å². The number of para-hydroxylation sites is 1. The van der Waals surface area contributed by atoms with Crippen LogP contribution in [-0.2, 0) is 0 Å². The fourth-order valence-electron chi connectivity index (χ4n) is 1.85. The first-order chi connectivity index (χ1) is 8.60. The fraction of sp³-hybridized carbons (Fsp3) is 0.571. The van der Waals surface area contributed by atoms with Crippen LogP contribution in [0.3, 0.4) is 0 Å². The van der Waals surface area contributed by atoms with Crippen molar-refractivity contribution in [2.24, 2.45) is 5.73 Å². The molecule has 0 aliphatic heterocycles. The number of likely N-dealkylation sites (N-methyl/N-ethyl adjacent to an activating group) is 1. The molecule has 1 atom stereocenters. The van der Waals surface area contributed by atoms with Crippen LogP contribution in [0.25, 0.3) is 0 Å². The van der Waals surface area contributed by atoms with Crippen molar-refractivity contribution >= 4 is 0 Å². The van der Waals surface area contributed by atoms with Crippen LogP contribution in [0.15, 0.2) is 18.2 Å². The van der Waals surface area contributed by atoms with E-state index in [2.05, 4.69) is 18.7 Å². The maximum absolute atomic E-state index is 13.7. The summed E-state index contributed by atoms with van der Waals surface area (Å²) in [4.78, 5) is 2.23. The molecule has 0 saturated heterocycles. The van der Waals surface area contributed by atoms with Gasteiger partial charge in [0.05, 0.1) is 0 Å². The van der Waals surface area contributed by atoms with Gasteiger partial charge >= 0.3 is 0 Å². The first kappa shape index (κ1) is 14.9. The van der Waals surface area contributed by atoms with E-state index in [0.717, 1.165) is 25.2 Å². The monoisotopic (exact) mass is 254 g/mol. The molecule has 2 N–H and O–H groups in total. The van der Waals surface area contributed by atoms with Crippen molar-refractivity contribution in [2.75, 3.05) is 26.2 Å². The highest BCUT2D eigenvalue weighted by Gasteiger charge is 2.13. The zero-order valence-corrected chi connectivity index (χ0v) is 11.4. The fourth-order valence-corrected chi connectivity index (χ4v) is 1.85. The van der Waals surface area contributed by atoms with Gasteiger partial charge in [-0.1, -0.05) is 26.0 Å². The lowest BCUT2D eigenvalue weighted by atomic mass is 10.1. The van der Waals surface area contributed by atoms with Crippen LogP contribution in [0, 0.1) is 5.82 Å². The van der Waals surface area contributed by atoms with Crippen molar-refractivity contribution in [3.8, 4) is 5.75 Å². The second-order valence-electron chi connectivity index (χ2n) is 4.32. The summed E-state index contributed by atoms with van der Waals surface area (Å²) in [6, 6.07) is 4.63. The predicted molar refractivity (Wildman–Crippen MR) is 72.3 cm³/mol. The van der Waals surface area contributed by atoms with Crippen LogP contribution in [0.4, 0.5) is 4.39 Å². The largest absolute Gasteiger partial charge is 0.489 e. The summed E-state index contributed by atoms with van der Waals surface area (Å²) in [6.45, 7) is 9.22. The van der Waals surface area contributed by atoms with Gasteiger partial charge in [0.25, 0.3) is 0 Å². The molecule has 0 spiro atoms. The van der Waals surface area contributed by atoms with Crippen LogP contribution in [0.5, 0.6) is 5.75 Å². The normalized spacial score (nSPS) is 12.8. The zero-order valence-electron chi connectivity index (χ0n) is 11.4. The average molecular weight is 254 g/mol. The summed E-state index contributed by atoms with van der Waals surface area (Å²) >= 11 is 0. The lowest BCUT2D eigenvalue weighted by Crippen LogP contribution is -2.28. The molecule has 1 rings (SSSR count). The Balaban J connectivity index is 2.66. The molecule has 0 heterocycles. The second-order valence-corrected chi connectivity index (χ2v) is 4.32. The van der Waals surface area contributed by atoms with E-state index >= 15 is 0 Å². The van der Waals surface area contributed by atoms with Crippen molar-refractivity contribution in [1.82, 2.24) is 4.90 Å². The molecule has 0 aliphatic rings. The third kappa shape index (κ3) is 3.96. The van der Waals surface area contributed by atoms with Gasteiger partial charge in [-0.05, 0) is 26.1 Å². The summed E-state index contributed by atoms with van der Waals surface area (Å²) in [5.41, 5.74) is 6.53. The van der Waals surface area contributed by atoms with Gasteiger partial charge in [-0.3, -0.25) is 0 Å². The number of nitrogens with two attached hydrogens (primary N) is 1. The summed E-state index contributed by atoms with van der Waals surface area (Å²) < 4.78 is 19.3. The zero-order chi connectivity index (χ0) is 13.5. The van der Waals surface area contributed by atoms with E-state index in [4.69, 9.17) is 10.5 Å². The molecule has 0 bridgehead atoms. The van der Waals surface area contributed by atoms with E-state index in [1.165, 1.54) is 6.07 Å². The van der Waals surface area contributed by atoms with Crippen molar-refractivity contribution in [3.63, 3.8) is 0 Å². The number of benzene rings is 1. The minimum Gasteiger partial charge on any atom is -0.489 e. The Hall–Kier alpha value is -1.13. The average Bonchev–Trinajstić information content (AvgIpc) is 2.36. The maximum Gasteiger partial charge on any atom is 0.165 e. The van der Waals surface area contributed by atoms with E-state index < -0.39 is 0 Å². The van der Waals surface area contributed by atoms with Crippen molar-refractivity contribution in [3.05, 3.63) is 29.6 Å². The molecule has 0 aromatic heterocycles. The van der Waals surface area contributed by atoms with E-state index in [1.807, 2.05) is 6.92 Å². The Kier molecular flexibility index (Phi) is 6.09. The summed E-state index contributed by atoms with van der Waals surface area (Å²) in [7, 11) is 0. The summed E-state index contributed by atoms with van der Waals surface area (Å²) in [5, 5.41) is 0. The van der Waals surface area contributed by atoms with Gasteiger partial charge in [-0.2, -0.15) is 0 Å². The van der Waals surface area contributed by atoms with Gasteiger partial charge in [-0.15, -0.1) is 0 Å². The number of nitrogens with zero attached hydrogens (tertiary/aromatic N) is 1. The minimum atomic E-state index is -0.343. The highest BCUT2D eigenvalue weighted by molar-refractivity contribution is 5.36. The molecule has 0 radical (unpaired) electrons. The number of halogens is 1. The summed E-state index contributed by atoms with van der Waals surface area (Å²) in [5.74, 6) is -0.0518. The molecule has 0 saturated carbocycles. The molecule has 3 nitrogen and oxygen atoms in total. The van der Waals surface area contributed by atoms with Crippen molar-refractivity contribution < 1.29 is 9.13 Å². The van der Waals surface area contributed by atoms with Crippen LogP contribution < -0.4 is 10.5 Å². The molecule has 1 aromatic carbocycles. The Labute approximate surface area is 109 Å². The van der Waals surface area contributed by atoms with E-state index in [0.29, 0.717) is 12.4 Å². The van der Waals surface area contributed by atoms with Gasteiger partial charge < -0.3 is 15.4 Å². The molecule has 18 heavy (non-hydrogen) atoms. The molecule has 0 amide bonds. The maximum atomic E-state index is 13.7. The molecule has 0 unspecified atom stereocenters. The number of hydrogen-bond acceptors (Lipinski definition) is 3. The third-order valence-corrected chi connectivity index (χ3v) is 3.04. The number of rotatable bonds is 7. The van der Waals surface area contributed by atoms with E-state index in [1.54, 1.807) is 12.1 Å². The standard InChI is InChI=1S/C14H23FN2O/c1-4-17(5-2)9-10-18-14-12(11(3)16)7-6-8-13(14)15/h6-8,11H,4-5,9-10,16H2,1-3H3/t11-/m1/s1. The molecule has 1 aromatic rings. The van der Waals surface area contributed by atoms with Crippen molar-refractivity contribution in [2.45, 2.75) is 26.8 Å². The van der Waals surface area contributed by atoms with Gasteiger partial charge in [0.1, 0.15) is 6.61 Å². The molecule has 0 aliphatic carbocycles.